The van der Waals surface area contributed by atoms with Gasteiger partial charge in [-0.2, -0.15) is 0 Å². The molecule has 0 atom stereocenters. The van der Waals surface area contributed by atoms with Crippen molar-refractivity contribution < 1.29 is 9.90 Å². The van der Waals surface area contributed by atoms with Crippen LogP contribution in [0.5, 0.6) is 0 Å². The number of carboxylic acid groups (broad SMARTS) is 1. The summed E-state index contributed by atoms with van der Waals surface area (Å²) in [5, 5.41) is 20.7. The van der Waals surface area contributed by atoms with Crippen LogP contribution in [0.3, 0.4) is 0 Å². The number of hydrogen-bond acceptors (Lipinski definition) is 4. The lowest BCUT2D eigenvalue weighted by molar-refractivity contribution is -0.138. The highest BCUT2D eigenvalue weighted by Gasteiger charge is 2.32. The molecule has 1 N–H and O–H groups in total. The fourth-order valence-electron chi connectivity index (χ4n) is 3.04. The van der Waals surface area contributed by atoms with Crippen LogP contribution in [0.2, 0.25) is 0 Å². The van der Waals surface area contributed by atoms with Crippen molar-refractivity contribution >= 4 is 44.4 Å². The van der Waals surface area contributed by atoms with E-state index >= 15 is 0 Å². The predicted octanol–water partition coefficient (Wildman–Crippen LogP) is 5.02. The quantitative estimate of drug-likeness (QED) is 0.574. The number of hydrogen-bond donors (Lipinski definition) is 1. The second kappa shape index (κ2) is 6.39. The molecule has 1 heterocycles. The van der Waals surface area contributed by atoms with E-state index in [9.17, 15) is 9.90 Å². The molecule has 4 rings (SSSR count). The number of halogens is 1. The van der Waals surface area contributed by atoms with Crippen LogP contribution in [0.15, 0.2) is 46.3 Å². The molecule has 1 fully saturated rings. The fourth-order valence-corrected chi connectivity index (χ4v) is 4.50. The SMILES string of the molecule is CC(C)(Sc1nnc(Br)n1-c1ccc(C2CC2)c2ccccc12)C(=O)O. The Labute approximate surface area is 163 Å². The first kappa shape index (κ1) is 17.5. The van der Waals surface area contributed by atoms with Gasteiger partial charge in [-0.3, -0.25) is 9.36 Å². The fraction of sp³-hybridized carbons (Fsp3) is 0.316. The molecular weight excluding hydrogens is 414 g/mol. The van der Waals surface area contributed by atoms with Crippen molar-refractivity contribution in [1.29, 1.82) is 0 Å². The molecular formula is C19H18BrN3O2S. The van der Waals surface area contributed by atoms with Crippen molar-refractivity contribution in [3.05, 3.63) is 46.7 Å². The molecule has 1 aliphatic rings. The number of thioether (sulfide) groups is 1. The van der Waals surface area contributed by atoms with Crippen LogP contribution in [-0.2, 0) is 4.79 Å². The van der Waals surface area contributed by atoms with Crippen LogP contribution in [0.25, 0.3) is 16.5 Å². The average molecular weight is 432 g/mol. The Morgan fingerprint density at radius 2 is 1.88 bits per heavy atom. The van der Waals surface area contributed by atoms with Crippen LogP contribution < -0.4 is 0 Å². The van der Waals surface area contributed by atoms with Crippen LogP contribution in [0.1, 0.15) is 38.2 Å². The number of carboxylic acids is 1. The Balaban J connectivity index is 1.88. The van der Waals surface area contributed by atoms with E-state index in [1.807, 2.05) is 10.6 Å². The van der Waals surface area contributed by atoms with Crippen LogP contribution in [0, 0.1) is 0 Å². The molecule has 26 heavy (non-hydrogen) atoms. The van der Waals surface area contributed by atoms with E-state index in [-0.39, 0.29) is 0 Å². The van der Waals surface area contributed by atoms with Crippen molar-refractivity contribution in [2.24, 2.45) is 0 Å². The minimum Gasteiger partial charge on any atom is -0.480 e. The number of fused-ring (bicyclic) bond motifs is 1. The third-order valence-electron chi connectivity index (χ3n) is 4.65. The van der Waals surface area contributed by atoms with Crippen molar-refractivity contribution in [1.82, 2.24) is 14.8 Å². The highest BCUT2D eigenvalue weighted by atomic mass is 79.9. The van der Waals surface area contributed by atoms with Gasteiger partial charge in [-0.15, -0.1) is 10.2 Å². The molecule has 0 saturated heterocycles. The van der Waals surface area contributed by atoms with Crippen molar-refractivity contribution in [3.8, 4) is 5.69 Å². The monoisotopic (exact) mass is 431 g/mol. The van der Waals surface area contributed by atoms with E-state index in [2.05, 4.69) is 56.5 Å². The molecule has 1 saturated carbocycles. The van der Waals surface area contributed by atoms with Crippen molar-refractivity contribution in [2.75, 3.05) is 0 Å². The summed E-state index contributed by atoms with van der Waals surface area (Å²) in [5.74, 6) is -0.236. The smallest absolute Gasteiger partial charge is 0.319 e. The molecule has 0 aliphatic heterocycles. The number of carbonyl (C=O) groups is 1. The van der Waals surface area contributed by atoms with Gasteiger partial charge in [0.1, 0.15) is 4.75 Å². The third-order valence-corrected chi connectivity index (χ3v) is 6.29. The largest absolute Gasteiger partial charge is 0.480 e. The van der Waals surface area contributed by atoms with Crippen LogP contribution in [-0.4, -0.2) is 30.6 Å². The van der Waals surface area contributed by atoms with E-state index in [1.54, 1.807) is 13.8 Å². The van der Waals surface area contributed by atoms with E-state index < -0.39 is 10.7 Å². The van der Waals surface area contributed by atoms with E-state index in [0.29, 0.717) is 15.8 Å². The first-order valence-corrected chi connectivity index (χ1v) is 10.0. The van der Waals surface area contributed by atoms with Gasteiger partial charge >= 0.3 is 5.97 Å². The second-order valence-corrected chi connectivity index (χ2v) is 9.30. The highest BCUT2D eigenvalue weighted by Crippen LogP contribution is 2.44. The normalized spacial score (nSPS) is 14.7. The summed E-state index contributed by atoms with van der Waals surface area (Å²) in [7, 11) is 0. The van der Waals surface area contributed by atoms with Gasteiger partial charge in [-0.25, -0.2) is 0 Å². The Morgan fingerprint density at radius 3 is 2.54 bits per heavy atom. The van der Waals surface area contributed by atoms with Gasteiger partial charge in [0.15, 0.2) is 5.16 Å². The standard InChI is InChI=1S/C19H18BrN3O2S/c1-19(2,16(24)25)26-18-22-21-17(20)23(18)15-10-9-12(11-7-8-11)13-5-3-4-6-14(13)15/h3-6,9-11H,7-8H2,1-2H3,(H,24,25). The molecule has 0 amide bonds. The van der Waals surface area contributed by atoms with E-state index in [0.717, 1.165) is 11.1 Å². The van der Waals surface area contributed by atoms with Gasteiger partial charge in [0, 0.05) is 5.39 Å². The summed E-state index contributed by atoms with van der Waals surface area (Å²) in [6.07, 6.45) is 2.49. The molecule has 3 aromatic rings. The van der Waals surface area contributed by atoms with Gasteiger partial charge < -0.3 is 5.11 Å². The molecule has 0 radical (unpaired) electrons. The number of aliphatic carboxylic acids is 1. The van der Waals surface area contributed by atoms with Crippen molar-refractivity contribution in [3.63, 3.8) is 0 Å². The summed E-state index contributed by atoms with van der Waals surface area (Å²) in [6.45, 7) is 3.34. The zero-order valence-electron chi connectivity index (χ0n) is 14.4. The molecule has 0 bridgehead atoms. The number of nitrogens with zero attached hydrogens (tertiary/aromatic N) is 3. The lowest BCUT2D eigenvalue weighted by atomic mass is 9.99. The minimum atomic E-state index is -1.01. The number of rotatable bonds is 5. The second-order valence-electron chi connectivity index (χ2n) is 7.00. The Bertz CT molecular complexity index is 1010. The summed E-state index contributed by atoms with van der Waals surface area (Å²) < 4.78 is 1.44. The molecule has 5 nitrogen and oxygen atoms in total. The third kappa shape index (κ3) is 3.03. The molecule has 0 unspecified atom stereocenters. The highest BCUT2D eigenvalue weighted by molar-refractivity contribution is 9.10. The summed E-state index contributed by atoms with van der Waals surface area (Å²) in [4.78, 5) is 11.5. The lowest BCUT2D eigenvalue weighted by Crippen LogP contribution is -2.27. The van der Waals surface area contributed by atoms with Gasteiger partial charge in [-0.1, -0.05) is 42.1 Å². The van der Waals surface area contributed by atoms with Gasteiger partial charge in [0.25, 0.3) is 0 Å². The molecule has 2 aromatic carbocycles. The summed E-state index contributed by atoms with van der Waals surface area (Å²) >= 11 is 4.66. The Kier molecular flexibility index (Phi) is 4.31. The zero-order chi connectivity index (χ0) is 18.5. The topological polar surface area (TPSA) is 68.0 Å². The van der Waals surface area contributed by atoms with Gasteiger partial charge in [-0.05, 0) is 65.6 Å². The number of aromatic nitrogens is 3. The Morgan fingerprint density at radius 1 is 1.19 bits per heavy atom. The molecule has 1 aliphatic carbocycles. The summed E-state index contributed by atoms with van der Waals surface area (Å²) in [5.41, 5.74) is 2.33. The average Bonchev–Trinajstić information content (AvgIpc) is 3.39. The maximum Gasteiger partial charge on any atom is 0.319 e. The van der Waals surface area contributed by atoms with Gasteiger partial charge in [0.2, 0.25) is 4.73 Å². The first-order valence-electron chi connectivity index (χ1n) is 8.44. The number of benzene rings is 2. The van der Waals surface area contributed by atoms with Crippen molar-refractivity contribution in [2.45, 2.75) is 42.5 Å². The summed E-state index contributed by atoms with van der Waals surface area (Å²) in [6, 6.07) is 12.6. The minimum absolute atomic E-state index is 0.550. The zero-order valence-corrected chi connectivity index (χ0v) is 16.8. The van der Waals surface area contributed by atoms with Crippen LogP contribution >= 0.6 is 27.7 Å². The molecule has 134 valence electrons. The van der Waals surface area contributed by atoms with Gasteiger partial charge in [0.05, 0.1) is 5.69 Å². The van der Waals surface area contributed by atoms with E-state index in [4.69, 9.17) is 0 Å². The predicted molar refractivity (Wildman–Crippen MR) is 106 cm³/mol. The molecule has 7 heteroatoms. The maximum atomic E-state index is 11.5. The maximum absolute atomic E-state index is 11.5. The molecule has 1 aromatic heterocycles. The Hall–Kier alpha value is -1.86. The first-order chi connectivity index (χ1) is 12.4. The lowest BCUT2D eigenvalue weighted by Gasteiger charge is -2.19. The van der Waals surface area contributed by atoms with Crippen LogP contribution in [0.4, 0.5) is 0 Å². The molecule has 0 spiro atoms. The van der Waals surface area contributed by atoms with E-state index in [1.165, 1.54) is 35.6 Å².